The molecule has 1 rings (SSSR count). The molecule has 4 nitrogen and oxygen atoms in total. The molecule has 0 amide bonds. The standard InChI is InChI=1S/C12H18N2O2S/c1-8-6-9(14(2)4-5-17-3)7-10(11(8)13)12(15)16/h6-7H,4-5,13H2,1-3H3,(H,15,16). The van der Waals surface area contributed by atoms with Crippen LogP contribution in [0, 0.1) is 6.92 Å². The molecule has 3 N–H and O–H groups in total. The van der Waals surface area contributed by atoms with Crippen molar-refractivity contribution < 1.29 is 9.90 Å². The van der Waals surface area contributed by atoms with Crippen molar-refractivity contribution in [2.24, 2.45) is 0 Å². The maximum absolute atomic E-state index is 11.1. The number of hydrogen-bond acceptors (Lipinski definition) is 4. The Morgan fingerprint density at radius 1 is 1.53 bits per heavy atom. The third-order valence-electron chi connectivity index (χ3n) is 2.67. The monoisotopic (exact) mass is 254 g/mol. The third-order valence-corrected chi connectivity index (χ3v) is 3.26. The summed E-state index contributed by atoms with van der Waals surface area (Å²) in [4.78, 5) is 13.1. The van der Waals surface area contributed by atoms with E-state index in [1.165, 1.54) is 0 Å². The van der Waals surface area contributed by atoms with Gasteiger partial charge in [-0.1, -0.05) is 0 Å². The van der Waals surface area contributed by atoms with Crippen LogP contribution in [0.1, 0.15) is 15.9 Å². The zero-order valence-corrected chi connectivity index (χ0v) is 11.2. The predicted molar refractivity (Wildman–Crippen MR) is 74.2 cm³/mol. The van der Waals surface area contributed by atoms with Crippen LogP contribution in [0.4, 0.5) is 11.4 Å². The summed E-state index contributed by atoms with van der Waals surface area (Å²) >= 11 is 1.76. The number of benzene rings is 1. The van der Waals surface area contributed by atoms with Crippen molar-refractivity contribution in [1.82, 2.24) is 0 Å². The molecule has 0 atom stereocenters. The highest BCUT2D eigenvalue weighted by atomic mass is 32.2. The van der Waals surface area contributed by atoms with Gasteiger partial charge in [0.2, 0.25) is 0 Å². The number of anilines is 2. The molecule has 0 aromatic heterocycles. The molecule has 94 valence electrons. The van der Waals surface area contributed by atoms with Crippen LogP contribution in [0.25, 0.3) is 0 Å². The number of thioether (sulfide) groups is 1. The number of carbonyl (C=O) groups is 1. The van der Waals surface area contributed by atoms with Crippen molar-refractivity contribution in [2.45, 2.75) is 6.92 Å². The first-order valence-electron chi connectivity index (χ1n) is 5.31. The number of nitrogens with zero attached hydrogens (tertiary/aromatic N) is 1. The van der Waals surface area contributed by atoms with E-state index in [1.54, 1.807) is 17.8 Å². The summed E-state index contributed by atoms with van der Waals surface area (Å²) in [6, 6.07) is 3.55. The molecule has 17 heavy (non-hydrogen) atoms. The first-order chi connectivity index (χ1) is 7.97. The van der Waals surface area contributed by atoms with E-state index in [-0.39, 0.29) is 5.56 Å². The SMILES string of the molecule is CSCCN(C)c1cc(C)c(N)c(C(=O)O)c1. The number of nitrogens with two attached hydrogens (primary N) is 1. The van der Waals surface area contributed by atoms with Crippen LogP contribution >= 0.6 is 11.8 Å². The van der Waals surface area contributed by atoms with Gasteiger partial charge in [0, 0.05) is 30.7 Å². The smallest absolute Gasteiger partial charge is 0.337 e. The van der Waals surface area contributed by atoms with E-state index in [9.17, 15) is 4.79 Å². The van der Waals surface area contributed by atoms with Crippen LogP contribution in [-0.2, 0) is 0 Å². The van der Waals surface area contributed by atoms with E-state index in [4.69, 9.17) is 10.8 Å². The number of rotatable bonds is 5. The van der Waals surface area contributed by atoms with Gasteiger partial charge in [0.15, 0.2) is 0 Å². The Hall–Kier alpha value is -1.36. The summed E-state index contributed by atoms with van der Waals surface area (Å²) in [6.45, 7) is 2.71. The highest BCUT2D eigenvalue weighted by Crippen LogP contribution is 2.25. The Kier molecular flexibility index (Phi) is 4.69. The third kappa shape index (κ3) is 3.30. The van der Waals surface area contributed by atoms with Crippen molar-refractivity contribution in [2.75, 3.05) is 36.2 Å². The van der Waals surface area contributed by atoms with Crippen molar-refractivity contribution >= 4 is 29.1 Å². The zero-order valence-electron chi connectivity index (χ0n) is 10.4. The lowest BCUT2D eigenvalue weighted by Crippen LogP contribution is -2.21. The molecule has 0 aliphatic rings. The second kappa shape index (κ2) is 5.82. The molecule has 0 spiro atoms. The van der Waals surface area contributed by atoms with Gasteiger partial charge >= 0.3 is 5.97 Å². The molecule has 1 aromatic rings. The average Bonchev–Trinajstić information content (AvgIpc) is 2.28. The molecule has 0 aliphatic heterocycles. The summed E-state index contributed by atoms with van der Waals surface area (Å²) in [5.74, 6) is 0.0215. The average molecular weight is 254 g/mol. The fourth-order valence-corrected chi connectivity index (χ4v) is 1.99. The maximum Gasteiger partial charge on any atom is 0.337 e. The van der Waals surface area contributed by atoms with Gasteiger partial charge in [0.05, 0.1) is 5.56 Å². The van der Waals surface area contributed by atoms with Crippen molar-refractivity contribution in [3.8, 4) is 0 Å². The van der Waals surface area contributed by atoms with Gasteiger partial charge in [-0.25, -0.2) is 4.79 Å². The summed E-state index contributed by atoms with van der Waals surface area (Å²) in [5.41, 5.74) is 7.97. The maximum atomic E-state index is 11.1. The van der Waals surface area contributed by atoms with E-state index in [0.29, 0.717) is 5.69 Å². The minimum atomic E-state index is -0.981. The molecular formula is C12H18N2O2S. The summed E-state index contributed by atoms with van der Waals surface area (Å²) in [7, 11) is 1.95. The van der Waals surface area contributed by atoms with Crippen molar-refractivity contribution in [3.63, 3.8) is 0 Å². The Morgan fingerprint density at radius 3 is 2.71 bits per heavy atom. The normalized spacial score (nSPS) is 10.3. The van der Waals surface area contributed by atoms with Crippen molar-refractivity contribution in [3.05, 3.63) is 23.3 Å². The summed E-state index contributed by atoms with van der Waals surface area (Å²) in [6.07, 6.45) is 2.05. The number of nitrogen functional groups attached to an aromatic ring is 1. The van der Waals surface area contributed by atoms with Crippen LogP contribution in [0.15, 0.2) is 12.1 Å². The lowest BCUT2D eigenvalue weighted by Gasteiger charge is -2.20. The fourth-order valence-electron chi connectivity index (χ4n) is 1.53. The molecule has 0 saturated heterocycles. The molecule has 0 aliphatic carbocycles. The van der Waals surface area contributed by atoms with E-state index < -0.39 is 5.97 Å². The van der Waals surface area contributed by atoms with E-state index in [1.807, 2.05) is 31.2 Å². The number of carboxylic acid groups (broad SMARTS) is 1. The second-order valence-electron chi connectivity index (χ2n) is 3.94. The lowest BCUT2D eigenvalue weighted by molar-refractivity contribution is 0.0698. The Balaban J connectivity index is 3.05. The van der Waals surface area contributed by atoms with Crippen LogP contribution < -0.4 is 10.6 Å². The Bertz CT molecular complexity index is 421. The minimum absolute atomic E-state index is 0.177. The van der Waals surface area contributed by atoms with Gasteiger partial charge in [-0.2, -0.15) is 11.8 Å². The Morgan fingerprint density at radius 2 is 2.18 bits per heavy atom. The zero-order chi connectivity index (χ0) is 13.0. The van der Waals surface area contributed by atoms with Gasteiger partial charge in [-0.3, -0.25) is 0 Å². The van der Waals surface area contributed by atoms with Crippen LogP contribution in [-0.4, -0.2) is 36.7 Å². The summed E-state index contributed by atoms with van der Waals surface area (Å²) < 4.78 is 0. The van der Waals surface area contributed by atoms with Gasteiger partial charge in [-0.05, 0) is 30.9 Å². The number of aryl methyl sites for hydroxylation is 1. The van der Waals surface area contributed by atoms with Gasteiger partial charge in [0.25, 0.3) is 0 Å². The predicted octanol–water partition coefficient (Wildman–Crippen LogP) is 2.07. The van der Waals surface area contributed by atoms with E-state index in [0.717, 1.165) is 23.5 Å². The molecule has 0 unspecified atom stereocenters. The lowest BCUT2D eigenvalue weighted by atomic mass is 10.1. The molecule has 0 radical (unpaired) electrons. The molecule has 0 bridgehead atoms. The first kappa shape index (κ1) is 13.7. The number of aromatic carboxylic acids is 1. The van der Waals surface area contributed by atoms with Gasteiger partial charge in [-0.15, -0.1) is 0 Å². The van der Waals surface area contributed by atoms with Gasteiger partial charge < -0.3 is 15.7 Å². The van der Waals surface area contributed by atoms with Crippen molar-refractivity contribution in [1.29, 1.82) is 0 Å². The molecule has 1 aromatic carbocycles. The van der Waals surface area contributed by atoms with Crippen LogP contribution in [0.3, 0.4) is 0 Å². The minimum Gasteiger partial charge on any atom is -0.478 e. The largest absolute Gasteiger partial charge is 0.478 e. The molecule has 0 saturated carbocycles. The van der Waals surface area contributed by atoms with Crippen LogP contribution in [0.2, 0.25) is 0 Å². The van der Waals surface area contributed by atoms with E-state index >= 15 is 0 Å². The Labute approximate surface area is 106 Å². The molecule has 5 heteroatoms. The highest BCUT2D eigenvalue weighted by Gasteiger charge is 2.13. The fraction of sp³-hybridized carbons (Fsp3) is 0.417. The second-order valence-corrected chi connectivity index (χ2v) is 4.93. The van der Waals surface area contributed by atoms with E-state index in [2.05, 4.69) is 0 Å². The molecule has 0 fully saturated rings. The first-order valence-corrected chi connectivity index (χ1v) is 6.70. The molecule has 0 heterocycles. The highest BCUT2D eigenvalue weighted by molar-refractivity contribution is 7.98. The topological polar surface area (TPSA) is 66.6 Å². The quantitative estimate of drug-likeness (QED) is 0.787. The molecular weight excluding hydrogens is 236 g/mol. The van der Waals surface area contributed by atoms with Gasteiger partial charge in [0.1, 0.15) is 0 Å². The number of hydrogen-bond donors (Lipinski definition) is 2. The summed E-state index contributed by atoms with van der Waals surface area (Å²) in [5, 5.41) is 9.07. The van der Waals surface area contributed by atoms with Crippen LogP contribution in [0.5, 0.6) is 0 Å². The number of carboxylic acids is 1.